The van der Waals surface area contributed by atoms with Crippen molar-refractivity contribution < 1.29 is 97.8 Å². The molecule has 8 atom stereocenters. The molecule has 2 amide bonds. The number of carbonyl (C=O) groups is 4. The molecule has 2 aromatic heterocycles. The zero-order valence-electron chi connectivity index (χ0n) is 51.3. The zero-order chi connectivity index (χ0) is 66.2. The molecule has 4 saturated heterocycles. The van der Waals surface area contributed by atoms with Crippen molar-refractivity contribution in [2.45, 2.75) is 134 Å². The normalized spacial score (nSPS) is 20.6. The SMILES string of the molecule is COC(=O)C[C@H](C(=O)N1CCC[C@H]1c1nc2cc(F)c([C@H]3CC[C@H](c4cc5c(cc4F)nc([C@@H]4CCCN4C(=O)[C@@H](CC(=O)OC)[C@@H](C)OC)n5COP(=O)(O)O)N3c3cc(F)c(N4CCC(c5ccc(F)cc5)CC4)c(F)c3)cc2n1COP(=O)(O)O)[C@@H](C)OC. The smallest absolute Gasteiger partial charge is 0.469 e. The number of fused-ring (bicyclic) bond motifs is 2. The predicted octanol–water partition coefficient (Wildman–Crippen LogP) is 9.44. The Morgan fingerprint density at radius 2 is 0.989 bits per heavy atom. The molecule has 4 aliphatic heterocycles. The molecular weight excluding hydrogens is 1260 g/mol. The quantitative estimate of drug-likeness (QED) is 0.0264. The number of rotatable bonds is 23. The van der Waals surface area contributed by atoms with Gasteiger partial charge >= 0.3 is 27.6 Å². The van der Waals surface area contributed by atoms with Gasteiger partial charge in [-0.25, -0.2) is 41.1 Å². The highest BCUT2D eigenvalue weighted by Crippen LogP contribution is 2.51. The number of carbonyl (C=O) groups excluding carboxylic acids is 4. The molecule has 498 valence electrons. The second-order valence-corrected chi connectivity index (χ2v) is 26.1. The Bertz CT molecular complexity index is 3640. The van der Waals surface area contributed by atoms with Crippen molar-refractivity contribution in [3.05, 3.63) is 118 Å². The van der Waals surface area contributed by atoms with Crippen molar-refractivity contribution in [1.29, 1.82) is 0 Å². The van der Waals surface area contributed by atoms with Crippen LogP contribution in [-0.2, 0) is 69.8 Å². The maximum absolute atomic E-state index is 17.5. The summed E-state index contributed by atoms with van der Waals surface area (Å²) in [5.74, 6) is -8.70. The van der Waals surface area contributed by atoms with Crippen molar-refractivity contribution in [3.8, 4) is 0 Å². The molecule has 6 heterocycles. The lowest BCUT2D eigenvalue weighted by atomic mass is 9.89. The van der Waals surface area contributed by atoms with Crippen molar-refractivity contribution in [2.75, 3.05) is 64.4 Å². The van der Waals surface area contributed by atoms with E-state index >= 15 is 17.6 Å². The van der Waals surface area contributed by atoms with Gasteiger partial charge in [-0.15, -0.1) is 0 Å². The number of hydrogen-bond acceptors (Lipinski definition) is 16. The molecule has 10 rings (SSSR count). The summed E-state index contributed by atoms with van der Waals surface area (Å²) in [6.07, 6.45) is -0.0657. The number of anilines is 2. The van der Waals surface area contributed by atoms with Crippen LogP contribution < -0.4 is 9.80 Å². The van der Waals surface area contributed by atoms with Crippen LogP contribution in [0.25, 0.3) is 22.1 Å². The fourth-order valence-electron chi connectivity index (χ4n) is 13.7. The number of imidazole rings is 2. The Hall–Kier alpha value is -6.91. The number of benzene rings is 4. The van der Waals surface area contributed by atoms with Crippen LogP contribution >= 0.6 is 15.6 Å². The molecule has 92 heavy (non-hydrogen) atoms. The predicted molar refractivity (Wildman–Crippen MR) is 320 cm³/mol. The average Bonchev–Trinajstić information content (AvgIpc) is 1.56. The van der Waals surface area contributed by atoms with E-state index in [0.29, 0.717) is 25.7 Å². The van der Waals surface area contributed by atoms with Crippen LogP contribution in [0.15, 0.2) is 60.7 Å². The highest BCUT2D eigenvalue weighted by molar-refractivity contribution is 7.46. The van der Waals surface area contributed by atoms with Gasteiger partial charge in [-0.3, -0.25) is 28.2 Å². The second-order valence-electron chi connectivity index (χ2n) is 23.6. The van der Waals surface area contributed by atoms with E-state index in [-0.39, 0.29) is 127 Å². The highest BCUT2D eigenvalue weighted by atomic mass is 31.2. The molecule has 0 bridgehead atoms. The number of nitrogens with zero attached hydrogens (tertiary/aromatic N) is 8. The van der Waals surface area contributed by atoms with Crippen LogP contribution in [-0.4, -0.2) is 139 Å². The van der Waals surface area contributed by atoms with Gasteiger partial charge in [0.2, 0.25) is 11.8 Å². The first-order valence-electron chi connectivity index (χ1n) is 30.1. The van der Waals surface area contributed by atoms with Gasteiger partial charge in [0, 0.05) is 69.3 Å². The van der Waals surface area contributed by atoms with E-state index in [9.17, 15) is 52.3 Å². The third-order valence-electron chi connectivity index (χ3n) is 18.5. The number of esters is 2. The largest absolute Gasteiger partial charge is 0.471 e. The lowest BCUT2D eigenvalue weighted by Crippen LogP contribution is -2.42. The Morgan fingerprint density at radius 3 is 1.38 bits per heavy atom. The zero-order valence-corrected chi connectivity index (χ0v) is 53.1. The summed E-state index contributed by atoms with van der Waals surface area (Å²) < 4.78 is 142. The standard InChI is InChI=1S/C61H73F5N8O16P2/c1-33(85-3)39(27-55(75)87-5)60(77)70-19-7-9-51(70)58-67-47-29-43(63)41(25-53(47)72(58)31-89-91(79,80)81)49-15-16-50(74(49)38-23-45(65)57(46(66)24-38)69-21-17-36(18-22-69)35-11-13-37(62)14-12-35)42-26-54-48(30-44(42)64)68-59(73(54)32-90-92(82,83)84)52-10-8-20-71(52)61(78)40(34(2)86-4)28-56(76)88-6/h11-14,23-26,29-30,33-34,36,39-40,49-52H,7-10,15-22,27-28,31-32H2,1-6H3,(H2,79,80,81)(H2,82,83,84)/t33-,34-,39+,40+,49-,50-,51+,52+/m1/s1. The van der Waals surface area contributed by atoms with Gasteiger partial charge in [-0.1, -0.05) is 12.1 Å². The molecule has 0 saturated carbocycles. The number of amides is 2. The molecule has 4 aromatic carbocycles. The van der Waals surface area contributed by atoms with E-state index in [4.69, 9.17) is 38.0 Å². The maximum Gasteiger partial charge on any atom is 0.471 e. The van der Waals surface area contributed by atoms with Crippen LogP contribution in [0.3, 0.4) is 0 Å². The monoisotopic (exact) mass is 1330 g/mol. The van der Waals surface area contributed by atoms with Gasteiger partial charge < -0.3 is 67.3 Å². The minimum absolute atomic E-state index is 0.0290. The Kier molecular flexibility index (Phi) is 20.7. The molecule has 6 aromatic rings. The molecule has 4 fully saturated rings. The fraction of sp³-hybridized carbons (Fsp3) is 0.508. The first-order valence-corrected chi connectivity index (χ1v) is 33.2. The van der Waals surface area contributed by atoms with Crippen molar-refractivity contribution >= 4 is 72.8 Å². The number of phosphoric ester groups is 2. The number of ether oxygens (including phenoxy) is 4. The molecular formula is C61H73F5N8O16P2. The van der Waals surface area contributed by atoms with Gasteiger partial charge in [0.15, 0.2) is 11.6 Å². The number of likely N-dealkylation sites (tertiary alicyclic amines) is 2. The molecule has 31 heteroatoms. The van der Waals surface area contributed by atoms with Crippen LogP contribution in [0.1, 0.15) is 136 Å². The van der Waals surface area contributed by atoms with Crippen LogP contribution in [0.4, 0.5) is 33.3 Å². The van der Waals surface area contributed by atoms with Crippen LogP contribution in [0.5, 0.6) is 0 Å². The number of halogens is 5. The molecule has 4 N–H and O–H groups in total. The minimum atomic E-state index is -5.26. The fourth-order valence-corrected chi connectivity index (χ4v) is 14.2. The molecule has 0 radical (unpaired) electrons. The van der Waals surface area contributed by atoms with Crippen molar-refractivity contribution in [2.24, 2.45) is 11.8 Å². The van der Waals surface area contributed by atoms with E-state index < -0.39 is 130 Å². The number of hydrogen-bond donors (Lipinski definition) is 4. The summed E-state index contributed by atoms with van der Waals surface area (Å²) in [4.78, 5) is 110. The number of methoxy groups -OCH3 is 4. The van der Waals surface area contributed by atoms with Gasteiger partial charge in [-0.05, 0) is 113 Å². The van der Waals surface area contributed by atoms with Gasteiger partial charge in [0.1, 0.15) is 48.2 Å². The Morgan fingerprint density at radius 1 is 0.565 bits per heavy atom. The molecule has 0 unspecified atom stereocenters. The Labute approximate surface area is 525 Å². The third kappa shape index (κ3) is 14.3. The number of aromatic nitrogens is 4. The van der Waals surface area contributed by atoms with Gasteiger partial charge in [0.25, 0.3) is 0 Å². The molecule has 24 nitrogen and oxygen atoms in total. The summed E-state index contributed by atoms with van der Waals surface area (Å²) in [5, 5.41) is 0. The summed E-state index contributed by atoms with van der Waals surface area (Å²) in [5.41, 5.74) is 0.0293. The third-order valence-corrected chi connectivity index (χ3v) is 19.4. The first kappa shape index (κ1) is 68.0. The maximum atomic E-state index is 17.5. The second kappa shape index (κ2) is 28.0. The van der Waals surface area contributed by atoms with E-state index in [2.05, 4.69) is 0 Å². The summed E-state index contributed by atoms with van der Waals surface area (Å²) in [7, 11) is -5.43. The van der Waals surface area contributed by atoms with E-state index in [1.54, 1.807) is 30.9 Å². The van der Waals surface area contributed by atoms with Crippen LogP contribution in [0, 0.1) is 40.9 Å². The van der Waals surface area contributed by atoms with Crippen LogP contribution in [0.2, 0.25) is 0 Å². The van der Waals surface area contributed by atoms with Gasteiger partial charge in [0.05, 0.1) is 97.3 Å². The Balaban J connectivity index is 1.09. The number of phosphoric acid groups is 2. The van der Waals surface area contributed by atoms with E-state index in [1.165, 1.54) is 76.5 Å². The summed E-state index contributed by atoms with van der Waals surface area (Å²) in [6, 6.07) is 8.64. The van der Waals surface area contributed by atoms with E-state index in [0.717, 1.165) is 29.8 Å². The van der Waals surface area contributed by atoms with Crippen molar-refractivity contribution in [3.63, 3.8) is 0 Å². The molecule has 0 spiro atoms. The molecule has 0 aliphatic carbocycles. The summed E-state index contributed by atoms with van der Waals surface area (Å²) >= 11 is 0. The minimum Gasteiger partial charge on any atom is -0.469 e. The lowest BCUT2D eigenvalue weighted by molar-refractivity contribution is -0.151. The summed E-state index contributed by atoms with van der Waals surface area (Å²) in [6.45, 7) is 2.19. The lowest BCUT2D eigenvalue weighted by Gasteiger charge is -2.36. The first-order chi connectivity index (χ1) is 43.7. The van der Waals surface area contributed by atoms with E-state index in [1.807, 2.05) is 0 Å². The molecule has 4 aliphatic rings. The number of piperidine rings is 1. The average molecular weight is 1330 g/mol. The van der Waals surface area contributed by atoms with Crippen molar-refractivity contribution in [1.82, 2.24) is 28.9 Å². The highest BCUT2D eigenvalue weighted by Gasteiger charge is 2.45. The topological polar surface area (TPSA) is 287 Å². The van der Waals surface area contributed by atoms with Gasteiger partial charge in [-0.2, -0.15) is 0 Å².